The molecule has 0 aliphatic heterocycles. The van der Waals surface area contributed by atoms with Gasteiger partial charge >= 0.3 is 0 Å². The van der Waals surface area contributed by atoms with Crippen molar-refractivity contribution in [2.45, 2.75) is 72.0 Å². The van der Waals surface area contributed by atoms with Crippen LogP contribution in [-0.2, 0) is 13.1 Å². The molecule has 102 valence electrons. The van der Waals surface area contributed by atoms with E-state index in [0.717, 1.165) is 19.5 Å². The number of nitrogens with zero attached hydrogens (tertiary/aromatic N) is 2. The minimum atomic E-state index is 0.438. The van der Waals surface area contributed by atoms with Gasteiger partial charge in [-0.2, -0.15) is 5.10 Å². The molecule has 1 aliphatic rings. The predicted molar refractivity (Wildman–Crippen MR) is 75.4 cm³/mol. The van der Waals surface area contributed by atoms with Crippen molar-refractivity contribution in [2.75, 3.05) is 0 Å². The molecule has 1 fully saturated rings. The summed E-state index contributed by atoms with van der Waals surface area (Å²) < 4.78 is 2.13. The van der Waals surface area contributed by atoms with Crippen molar-refractivity contribution in [1.29, 1.82) is 0 Å². The highest BCUT2D eigenvalue weighted by Gasteiger charge is 2.31. The standard InChI is InChI=1S/C15H27N3/c1-4-11-18-13(8-10-17-18)12-16-14-7-5-6-9-15(14,2)3/h8,10,14,16H,4-7,9,11-12H2,1-3H3. The molecule has 1 N–H and O–H groups in total. The molecule has 1 saturated carbocycles. The summed E-state index contributed by atoms with van der Waals surface area (Å²) in [7, 11) is 0. The van der Waals surface area contributed by atoms with Crippen molar-refractivity contribution in [3.8, 4) is 0 Å². The molecular weight excluding hydrogens is 222 g/mol. The van der Waals surface area contributed by atoms with Gasteiger partial charge in [0.05, 0.1) is 5.69 Å². The fraction of sp³-hybridized carbons (Fsp3) is 0.800. The number of hydrogen-bond acceptors (Lipinski definition) is 2. The highest BCUT2D eigenvalue weighted by molar-refractivity contribution is 5.01. The Labute approximate surface area is 111 Å². The zero-order valence-electron chi connectivity index (χ0n) is 12.1. The van der Waals surface area contributed by atoms with Crippen LogP contribution in [-0.4, -0.2) is 15.8 Å². The minimum Gasteiger partial charge on any atom is -0.308 e. The predicted octanol–water partition coefficient (Wildman–Crippen LogP) is 3.35. The molecule has 1 aromatic rings. The Bertz CT molecular complexity index is 368. The second-order valence-electron chi connectivity index (χ2n) is 6.21. The first-order valence-corrected chi connectivity index (χ1v) is 7.37. The minimum absolute atomic E-state index is 0.438. The topological polar surface area (TPSA) is 29.9 Å². The maximum absolute atomic E-state index is 4.38. The third-order valence-corrected chi connectivity index (χ3v) is 4.28. The van der Waals surface area contributed by atoms with Gasteiger partial charge in [0, 0.05) is 25.3 Å². The highest BCUT2D eigenvalue weighted by atomic mass is 15.3. The molecule has 3 nitrogen and oxygen atoms in total. The van der Waals surface area contributed by atoms with Crippen LogP contribution >= 0.6 is 0 Å². The van der Waals surface area contributed by atoms with Crippen LogP contribution in [0.3, 0.4) is 0 Å². The van der Waals surface area contributed by atoms with Crippen LogP contribution in [0.1, 0.15) is 58.6 Å². The van der Waals surface area contributed by atoms with Crippen LogP contribution in [0.4, 0.5) is 0 Å². The van der Waals surface area contributed by atoms with Gasteiger partial charge in [0.2, 0.25) is 0 Å². The van der Waals surface area contributed by atoms with Crippen molar-refractivity contribution >= 4 is 0 Å². The van der Waals surface area contributed by atoms with Crippen molar-refractivity contribution in [3.63, 3.8) is 0 Å². The number of nitrogens with one attached hydrogen (secondary N) is 1. The van der Waals surface area contributed by atoms with Crippen molar-refractivity contribution in [3.05, 3.63) is 18.0 Å². The van der Waals surface area contributed by atoms with Gasteiger partial charge in [-0.1, -0.05) is 33.6 Å². The van der Waals surface area contributed by atoms with Crippen LogP contribution in [0.5, 0.6) is 0 Å². The van der Waals surface area contributed by atoms with Crippen molar-refractivity contribution < 1.29 is 0 Å². The van der Waals surface area contributed by atoms with E-state index < -0.39 is 0 Å². The molecule has 3 heteroatoms. The third kappa shape index (κ3) is 3.14. The summed E-state index contributed by atoms with van der Waals surface area (Å²) in [5.41, 5.74) is 1.76. The van der Waals surface area contributed by atoms with E-state index in [2.05, 4.69) is 41.9 Å². The number of aromatic nitrogens is 2. The monoisotopic (exact) mass is 249 g/mol. The molecule has 0 spiro atoms. The summed E-state index contributed by atoms with van der Waals surface area (Å²) in [6, 6.07) is 2.79. The van der Waals surface area contributed by atoms with Gasteiger partial charge in [0.15, 0.2) is 0 Å². The van der Waals surface area contributed by atoms with E-state index in [1.54, 1.807) is 0 Å². The first-order valence-electron chi connectivity index (χ1n) is 7.37. The fourth-order valence-electron chi connectivity index (χ4n) is 3.02. The summed E-state index contributed by atoms with van der Waals surface area (Å²) in [6.45, 7) is 8.97. The lowest BCUT2D eigenvalue weighted by atomic mass is 9.73. The quantitative estimate of drug-likeness (QED) is 0.867. The number of rotatable bonds is 5. The molecule has 1 unspecified atom stereocenters. The average Bonchev–Trinajstić information content (AvgIpc) is 2.75. The SMILES string of the molecule is CCCn1nccc1CNC1CCCCC1(C)C. The van der Waals surface area contributed by atoms with E-state index in [9.17, 15) is 0 Å². The normalized spacial score (nSPS) is 23.2. The largest absolute Gasteiger partial charge is 0.308 e. The lowest BCUT2D eigenvalue weighted by Gasteiger charge is -2.39. The Balaban J connectivity index is 1.92. The van der Waals surface area contributed by atoms with Crippen LogP contribution in [0.15, 0.2) is 12.3 Å². The summed E-state index contributed by atoms with van der Waals surface area (Å²) in [5, 5.41) is 8.13. The van der Waals surface area contributed by atoms with Gasteiger partial charge in [-0.05, 0) is 30.7 Å². The van der Waals surface area contributed by atoms with E-state index in [1.807, 2.05) is 6.20 Å². The maximum Gasteiger partial charge on any atom is 0.0522 e. The van der Waals surface area contributed by atoms with Gasteiger partial charge in [-0.15, -0.1) is 0 Å². The van der Waals surface area contributed by atoms with E-state index in [0.29, 0.717) is 11.5 Å². The second kappa shape index (κ2) is 5.87. The molecule has 18 heavy (non-hydrogen) atoms. The lowest BCUT2D eigenvalue weighted by Crippen LogP contribution is -2.44. The van der Waals surface area contributed by atoms with E-state index >= 15 is 0 Å². The lowest BCUT2D eigenvalue weighted by molar-refractivity contribution is 0.166. The smallest absolute Gasteiger partial charge is 0.0522 e. The Morgan fingerprint density at radius 2 is 2.28 bits per heavy atom. The molecule has 0 aromatic carbocycles. The second-order valence-corrected chi connectivity index (χ2v) is 6.21. The molecule has 1 heterocycles. The van der Waals surface area contributed by atoms with Crippen LogP contribution in [0.25, 0.3) is 0 Å². The fourth-order valence-corrected chi connectivity index (χ4v) is 3.02. The average molecular weight is 249 g/mol. The summed E-state index contributed by atoms with van der Waals surface area (Å²) >= 11 is 0. The van der Waals surface area contributed by atoms with E-state index in [1.165, 1.54) is 31.4 Å². The van der Waals surface area contributed by atoms with Gasteiger partial charge in [-0.25, -0.2) is 0 Å². The zero-order valence-corrected chi connectivity index (χ0v) is 12.1. The van der Waals surface area contributed by atoms with Gasteiger partial charge in [-0.3, -0.25) is 4.68 Å². The Kier molecular flexibility index (Phi) is 4.44. The van der Waals surface area contributed by atoms with Crippen molar-refractivity contribution in [2.24, 2.45) is 5.41 Å². The number of aryl methyl sites for hydroxylation is 1. The van der Waals surface area contributed by atoms with Gasteiger partial charge in [0.1, 0.15) is 0 Å². The van der Waals surface area contributed by atoms with E-state index in [4.69, 9.17) is 0 Å². The summed E-state index contributed by atoms with van der Waals surface area (Å²) in [4.78, 5) is 0. The van der Waals surface area contributed by atoms with Crippen LogP contribution in [0, 0.1) is 5.41 Å². The van der Waals surface area contributed by atoms with E-state index in [-0.39, 0.29) is 0 Å². The zero-order chi connectivity index (χ0) is 13.0. The van der Waals surface area contributed by atoms with Gasteiger partial charge < -0.3 is 5.32 Å². The molecule has 0 saturated heterocycles. The molecule has 1 atom stereocenters. The first-order chi connectivity index (χ1) is 8.63. The maximum atomic E-state index is 4.38. The van der Waals surface area contributed by atoms with Crippen molar-refractivity contribution in [1.82, 2.24) is 15.1 Å². The molecule has 0 bridgehead atoms. The third-order valence-electron chi connectivity index (χ3n) is 4.28. The molecular formula is C15H27N3. The van der Waals surface area contributed by atoms with Crippen LogP contribution < -0.4 is 5.32 Å². The van der Waals surface area contributed by atoms with Gasteiger partial charge in [0.25, 0.3) is 0 Å². The summed E-state index contributed by atoms with van der Waals surface area (Å²) in [5.74, 6) is 0. The molecule has 0 amide bonds. The molecule has 1 aromatic heterocycles. The molecule has 1 aliphatic carbocycles. The number of hydrogen-bond donors (Lipinski definition) is 1. The Morgan fingerprint density at radius 1 is 1.44 bits per heavy atom. The van der Waals surface area contributed by atoms with Crippen LogP contribution in [0.2, 0.25) is 0 Å². The Morgan fingerprint density at radius 3 is 3.00 bits per heavy atom. The molecule has 0 radical (unpaired) electrons. The summed E-state index contributed by atoms with van der Waals surface area (Å²) in [6.07, 6.45) is 8.48. The Hall–Kier alpha value is -0.830. The first kappa shape index (κ1) is 13.6. The molecule has 2 rings (SSSR count). The highest BCUT2D eigenvalue weighted by Crippen LogP contribution is 2.35.